The maximum absolute atomic E-state index is 11.9. The summed E-state index contributed by atoms with van der Waals surface area (Å²) in [4.78, 5) is 11.9. The average Bonchev–Trinajstić information content (AvgIpc) is 2.89. The van der Waals surface area contributed by atoms with E-state index in [0.29, 0.717) is 23.5 Å². The highest BCUT2D eigenvalue weighted by atomic mass is 16.5. The topological polar surface area (TPSA) is 93.2 Å². The van der Waals surface area contributed by atoms with Gasteiger partial charge in [-0.1, -0.05) is 17.3 Å². The van der Waals surface area contributed by atoms with Crippen molar-refractivity contribution < 1.29 is 9.32 Å². The molecule has 4 N–H and O–H groups in total. The number of benzene rings is 1. The summed E-state index contributed by atoms with van der Waals surface area (Å²) in [5, 5.41) is 6.41. The van der Waals surface area contributed by atoms with Crippen molar-refractivity contribution in [3.05, 3.63) is 47.9 Å². The van der Waals surface area contributed by atoms with E-state index in [1.165, 1.54) is 6.26 Å². The monoisotopic (exact) mass is 232 g/mol. The van der Waals surface area contributed by atoms with Crippen molar-refractivity contribution in [1.29, 1.82) is 0 Å². The molecule has 17 heavy (non-hydrogen) atoms. The summed E-state index contributed by atoms with van der Waals surface area (Å²) in [6.07, 6.45) is 1.46. The SMILES string of the molecule is NNc1ccccc1C(=O)NCc1ccon1. The van der Waals surface area contributed by atoms with Crippen molar-refractivity contribution in [2.75, 3.05) is 5.43 Å². The molecule has 0 spiro atoms. The van der Waals surface area contributed by atoms with E-state index in [1.807, 2.05) is 0 Å². The van der Waals surface area contributed by atoms with E-state index in [1.54, 1.807) is 30.3 Å². The van der Waals surface area contributed by atoms with Crippen LogP contribution < -0.4 is 16.6 Å². The Hall–Kier alpha value is -2.34. The molecule has 0 radical (unpaired) electrons. The van der Waals surface area contributed by atoms with E-state index < -0.39 is 0 Å². The lowest BCUT2D eigenvalue weighted by Crippen LogP contribution is -2.24. The van der Waals surface area contributed by atoms with Gasteiger partial charge in [0.15, 0.2) is 0 Å². The molecule has 0 unspecified atom stereocenters. The van der Waals surface area contributed by atoms with E-state index in [9.17, 15) is 4.79 Å². The molecule has 0 bridgehead atoms. The summed E-state index contributed by atoms with van der Waals surface area (Å²) in [5.41, 5.74) is 4.20. The minimum Gasteiger partial charge on any atom is -0.364 e. The molecule has 88 valence electrons. The molecule has 0 fully saturated rings. The summed E-state index contributed by atoms with van der Waals surface area (Å²) < 4.78 is 4.66. The van der Waals surface area contributed by atoms with Crippen molar-refractivity contribution in [2.24, 2.45) is 5.84 Å². The van der Waals surface area contributed by atoms with Crippen LogP contribution in [0.4, 0.5) is 5.69 Å². The first-order chi connectivity index (χ1) is 8.31. The van der Waals surface area contributed by atoms with Crippen LogP contribution in [0, 0.1) is 0 Å². The Morgan fingerprint density at radius 3 is 2.88 bits per heavy atom. The average molecular weight is 232 g/mol. The molecule has 0 saturated carbocycles. The Kier molecular flexibility index (Phi) is 3.37. The second-order valence-electron chi connectivity index (χ2n) is 3.36. The van der Waals surface area contributed by atoms with Crippen LogP contribution in [0.15, 0.2) is 41.1 Å². The molecule has 1 aromatic heterocycles. The quantitative estimate of drug-likeness (QED) is 0.537. The van der Waals surface area contributed by atoms with Gasteiger partial charge in [-0.05, 0) is 12.1 Å². The van der Waals surface area contributed by atoms with Gasteiger partial charge in [0.1, 0.15) is 12.0 Å². The van der Waals surface area contributed by atoms with Crippen LogP contribution in [0.2, 0.25) is 0 Å². The zero-order valence-corrected chi connectivity index (χ0v) is 9.01. The van der Waals surface area contributed by atoms with E-state index in [0.717, 1.165) is 0 Å². The minimum absolute atomic E-state index is 0.221. The molecule has 0 aliphatic heterocycles. The Bertz CT molecular complexity index is 496. The van der Waals surface area contributed by atoms with Gasteiger partial charge in [-0.25, -0.2) is 0 Å². The highest BCUT2D eigenvalue weighted by Crippen LogP contribution is 2.13. The first-order valence-electron chi connectivity index (χ1n) is 5.04. The molecule has 0 atom stereocenters. The number of nitrogen functional groups attached to an aromatic ring is 1. The van der Waals surface area contributed by atoms with Crippen molar-refractivity contribution in [1.82, 2.24) is 10.5 Å². The second-order valence-corrected chi connectivity index (χ2v) is 3.36. The molecular formula is C11H12N4O2. The molecule has 1 aromatic carbocycles. The fraction of sp³-hybridized carbons (Fsp3) is 0.0909. The van der Waals surface area contributed by atoms with Gasteiger partial charge in [0, 0.05) is 6.07 Å². The normalized spacial score (nSPS) is 9.94. The first-order valence-corrected chi connectivity index (χ1v) is 5.04. The van der Waals surface area contributed by atoms with Crippen molar-refractivity contribution in [2.45, 2.75) is 6.54 Å². The maximum atomic E-state index is 11.9. The smallest absolute Gasteiger partial charge is 0.253 e. The number of nitrogens with two attached hydrogens (primary N) is 1. The van der Waals surface area contributed by atoms with Gasteiger partial charge in [-0.15, -0.1) is 0 Å². The van der Waals surface area contributed by atoms with E-state index in [2.05, 4.69) is 20.4 Å². The van der Waals surface area contributed by atoms with Crippen LogP contribution in [-0.4, -0.2) is 11.1 Å². The van der Waals surface area contributed by atoms with Gasteiger partial charge >= 0.3 is 0 Å². The van der Waals surface area contributed by atoms with Crippen LogP contribution in [0.5, 0.6) is 0 Å². The number of hydrazine groups is 1. The number of aromatic nitrogens is 1. The second kappa shape index (κ2) is 5.13. The van der Waals surface area contributed by atoms with Gasteiger partial charge in [-0.3, -0.25) is 10.6 Å². The lowest BCUT2D eigenvalue weighted by Gasteiger charge is -2.08. The number of amides is 1. The molecule has 0 aliphatic carbocycles. The van der Waals surface area contributed by atoms with Gasteiger partial charge in [0.05, 0.1) is 17.8 Å². The van der Waals surface area contributed by atoms with E-state index in [4.69, 9.17) is 5.84 Å². The van der Waals surface area contributed by atoms with Gasteiger partial charge < -0.3 is 15.3 Å². The molecule has 6 heteroatoms. The number of rotatable bonds is 4. The number of para-hydroxylation sites is 1. The van der Waals surface area contributed by atoms with E-state index in [-0.39, 0.29) is 5.91 Å². The highest BCUT2D eigenvalue weighted by Gasteiger charge is 2.10. The molecular weight excluding hydrogens is 220 g/mol. The number of carbonyl (C=O) groups excluding carboxylic acids is 1. The van der Waals surface area contributed by atoms with Gasteiger partial charge in [-0.2, -0.15) is 0 Å². The predicted molar refractivity (Wildman–Crippen MR) is 61.9 cm³/mol. The lowest BCUT2D eigenvalue weighted by molar-refractivity contribution is 0.0951. The third kappa shape index (κ3) is 2.61. The third-order valence-corrected chi connectivity index (χ3v) is 2.25. The number of carbonyl (C=O) groups is 1. The number of nitrogens with zero attached hydrogens (tertiary/aromatic N) is 1. The molecule has 1 amide bonds. The number of nitrogens with one attached hydrogen (secondary N) is 2. The Morgan fingerprint density at radius 1 is 1.35 bits per heavy atom. The van der Waals surface area contributed by atoms with Crippen LogP contribution in [0.3, 0.4) is 0 Å². The molecule has 2 rings (SSSR count). The number of anilines is 1. The first kappa shape index (κ1) is 11.2. The Balaban J connectivity index is 2.04. The molecule has 6 nitrogen and oxygen atoms in total. The maximum Gasteiger partial charge on any atom is 0.253 e. The Labute approximate surface area is 97.8 Å². The fourth-order valence-electron chi connectivity index (χ4n) is 1.40. The summed E-state index contributed by atoms with van der Waals surface area (Å²) in [5.74, 6) is 5.10. The summed E-state index contributed by atoms with van der Waals surface area (Å²) in [6, 6.07) is 8.67. The van der Waals surface area contributed by atoms with Crippen LogP contribution >= 0.6 is 0 Å². The van der Waals surface area contributed by atoms with Crippen molar-refractivity contribution in [3.8, 4) is 0 Å². The Morgan fingerprint density at radius 2 is 2.18 bits per heavy atom. The number of hydrogen-bond donors (Lipinski definition) is 3. The predicted octanol–water partition coefficient (Wildman–Crippen LogP) is 0.890. The largest absolute Gasteiger partial charge is 0.364 e. The summed E-state index contributed by atoms with van der Waals surface area (Å²) in [6.45, 7) is 0.314. The van der Waals surface area contributed by atoms with Crippen LogP contribution in [0.1, 0.15) is 16.1 Å². The summed E-state index contributed by atoms with van der Waals surface area (Å²) in [7, 11) is 0. The molecule has 2 aromatic rings. The standard InChI is InChI=1S/C11H12N4O2/c12-14-10-4-2-1-3-9(10)11(16)13-7-8-5-6-17-15-8/h1-6,14H,7,12H2,(H,13,16). The fourth-order valence-corrected chi connectivity index (χ4v) is 1.40. The van der Waals surface area contributed by atoms with Crippen LogP contribution in [0.25, 0.3) is 0 Å². The highest BCUT2D eigenvalue weighted by molar-refractivity contribution is 5.99. The lowest BCUT2D eigenvalue weighted by atomic mass is 10.1. The van der Waals surface area contributed by atoms with Crippen molar-refractivity contribution in [3.63, 3.8) is 0 Å². The third-order valence-electron chi connectivity index (χ3n) is 2.25. The zero-order valence-electron chi connectivity index (χ0n) is 9.01. The number of hydrogen-bond acceptors (Lipinski definition) is 5. The van der Waals surface area contributed by atoms with Crippen LogP contribution in [-0.2, 0) is 6.54 Å². The summed E-state index contributed by atoms with van der Waals surface area (Å²) >= 11 is 0. The molecule has 1 heterocycles. The van der Waals surface area contributed by atoms with Gasteiger partial charge in [0.2, 0.25) is 0 Å². The van der Waals surface area contributed by atoms with E-state index >= 15 is 0 Å². The molecule has 0 saturated heterocycles. The minimum atomic E-state index is -0.221. The van der Waals surface area contributed by atoms with Crippen molar-refractivity contribution >= 4 is 11.6 Å². The molecule has 0 aliphatic rings. The zero-order chi connectivity index (χ0) is 12.1. The van der Waals surface area contributed by atoms with Gasteiger partial charge in [0.25, 0.3) is 5.91 Å².